The van der Waals surface area contributed by atoms with Crippen molar-refractivity contribution in [3.05, 3.63) is 36.0 Å². The first-order valence-corrected chi connectivity index (χ1v) is 8.36. The van der Waals surface area contributed by atoms with E-state index < -0.39 is 0 Å². The van der Waals surface area contributed by atoms with Gasteiger partial charge in [-0.2, -0.15) is 4.98 Å². The minimum absolute atomic E-state index is 0.287. The van der Waals surface area contributed by atoms with Crippen molar-refractivity contribution in [1.82, 2.24) is 9.97 Å². The third-order valence-electron chi connectivity index (χ3n) is 4.03. The number of hydrogen-bond donors (Lipinski definition) is 2. The molecule has 1 aromatic heterocycles. The van der Waals surface area contributed by atoms with Gasteiger partial charge >= 0.3 is 0 Å². The van der Waals surface area contributed by atoms with Crippen molar-refractivity contribution >= 4 is 23.1 Å². The molecule has 1 aromatic carbocycles. The normalized spacial score (nSPS) is 16.9. The number of anilines is 4. The first kappa shape index (κ1) is 16.5. The second-order valence-electron chi connectivity index (χ2n) is 6.30. The number of nitrogens with zero attached hydrogens (tertiary/aromatic N) is 3. The summed E-state index contributed by atoms with van der Waals surface area (Å²) in [6, 6.07) is 10.1. The van der Waals surface area contributed by atoms with Crippen LogP contribution in [0.25, 0.3) is 0 Å². The first-order valence-electron chi connectivity index (χ1n) is 8.36. The molecule has 3 rings (SSSR count). The van der Waals surface area contributed by atoms with Crippen molar-refractivity contribution in [2.45, 2.75) is 25.9 Å². The van der Waals surface area contributed by atoms with Crippen LogP contribution in [0.5, 0.6) is 0 Å². The van der Waals surface area contributed by atoms with Crippen molar-refractivity contribution < 1.29 is 4.74 Å². The smallest absolute Gasteiger partial charge is 0.229 e. The molecule has 1 aliphatic heterocycles. The molecule has 6 nitrogen and oxygen atoms in total. The summed E-state index contributed by atoms with van der Waals surface area (Å²) in [6.07, 6.45) is 2.54. The van der Waals surface area contributed by atoms with Gasteiger partial charge in [0.25, 0.3) is 0 Å². The fourth-order valence-electron chi connectivity index (χ4n) is 2.71. The van der Waals surface area contributed by atoms with E-state index in [1.165, 1.54) is 0 Å². The Hall–Kier alpha value is -2.34. The maximum Gasteiger partial charge on any atom is 0.229 e. The molecule has 0 saturated carbocycles. The standard InChI is InChI=1S/C18H25N5O/c1-13-11-17(19-12-16-5-4-10-24-16)22-18(20-13)21-14-6-8-15(9-7-14)23(2)3/h6-9,11,16H,4-5,10,12H2,1-3H3,(H2,19,20,21,22). The van der Waals surface area contributed by atoms with Gasteiger partial charge in [0.15, 0.2) is 0 Å². The van der Waals surface area contributed by atoms with Crippen molar-refractivity contribution in [3.63, 3.8) is 0 Å². The summed E-state index contributed by atoms with van der Waals surface area (Å²) < 4.78 is 5.64. The van der Waals surface area contributed by atoms with Crippen LogP contribution in [0.15, 0.2) is 30.3 Å². The van der Waals surface area contributed by atoms with Crippen LogP contribution in [-0.2, 0) is 4.74 Å². The molecule has 1 fully saturated rings. The predicted molar refractivity (Wildman–Crippen MR) is 98.3 cm³/mol. The molecule has 2 aromatic rings. The number of aryl methyl sites for hydroxylation is 1. The van der Waals surface area contributed by atoms with Crippen LogP contribution in [0.3, 0.4) is 0 Å². The maximum atomic E-state index is 5.64. The van der Waals surface area contributed by atoms with Crippen LogP contribution in [0.1, 0.15) is 18.5 Å². The van der Waals surface area contributed by atoms with E-state index in [4.69, 9.17) is 4.74 Å². The summed E-state index contributed by atoms with van der Waals surface area (Å²) in [5.41, 5.74) is 3.05. The third kappa shape index (κ3) is 4.35. The van der Waals surface area contributed by atoms with Crippen molar-refractivity contribution in [2.24, 2.45) is 0 Å². The molecule has 0 amide bonds. The van der Waals surface area contributed by atoms with E-state index in [0.717, 1.165) is 48.9 Å². The number of aromatic nitrogens is 2. The van der Waals surface area contributed by atoms with E-state index in [0.29, 0.717) is 5.95 Å². The second kappa shape index (κ2) is 7.49. The predicted octanol–water partition coefficient (Wildman–Crippen LogP) is 3.19. The number of benzene rings is 1. The third-order valence-corrected chi connectivity index (χ3v) is 4.03. The van der Waals surface area contributed by atoms with Crippen molar-refractivity contribution in [3.8, 4) is 0 Å². The van der Waals surface area contributed by atoms with Gasteiger partial charge in [0, 0.05) is 50.4 Å². The summed E-state index contributed by atoms with van der Waals surface area (Å²) in [5.74, 6) is 1.42. The molecule has 0 bridgehead atoms. The van der Waals surface area contributed by atoms with Gasteiger partial charge in [-0.1, -0.05) is 0 Å². The minimum Gasteiger partial charge on any atom is -0.378 e. The molecule has 1 atom stereocenters. The largest absolute Gasteiger partial charge is 0.378 e. The van der Waals surface area contributed by atoms with Gasteiger partial charge in [0.1, 0.15) is 5.82 Å². The van der Waals surface area contributed by atoms with Crippen LogP contribution in [0.2, 0.25) is 0 Å². The average molecular weight is 327 g/mol. The molecule has 0 spiro atoms. The van der Waals surface area contributed by atoms with Crippen LogP contribution in [-0.4, -0.2) is 43.3 Å². The van der Waals surface area contributed by atoms with E-state index in [2.05, 4.69) is 37.6 Å². The molecule has 1 unspecified atom stereocenters. The average Bonchev–Trinajstić information content (AvgIpc) is 3.06. The molecule has 128 valence electrons. The monoisotopic (exact) mass is 327 g/mol. The summed E-state index contributed by atoms with van der Waals surface area (Å²) in [4.78, 5) is 11.1. The highest BCUT2D eigenvalue weighted by Crippen LogP contribution is 2.20. The summed E-state index contributed by atoms with van der Waals surface area (Å²) in [7, 11) is 4.05. The molecule has 1 saturated heterocycles. The second-order valence-corrected chi connectivity index (χ2v) is 6.30. The van der Waals surface area contributed by atoms with E-state index in [-0.39, 0.29) is 6.10 Å². The van der Waals surface area contributed by atoms with Gasteiger partial charge in [0.05, 0.1) is 6.10 Å². The van der Waals surface area contributed by atoms with E-state index >= 15 is 0 Å². The number of ether oxygens (including phenoxy) is 1. The minimum atomic E-state index is 0.287. The fourth-order valence-corrected chi connectivity index (χ4v) is 2.71. The molecule has 2 N–H and O–H groups in total. The van der Waals surface area contributed by atoms with Crippen molar-refractivity contribution in [2.75, 3.05) is 42.8 Å². The quantitative estimate of drug-likeness (QED) is 0.850. The number of nitrogens with one attached hydrogen (secondary N) is 2. The van der Waals surface area contributed by atoms with E-state index in [1.54, 1.807) is 0 Å². The molecule has 2 heterocycles. The maximum absolute atomic E-state index is 5.64. The van der Waals surface area contributed by atoms with Crippen LogP contribution >= 0.6 is 0 Å². The number of hydrogen-bond acceptors (Lipinski definition) is 6. The van der Waals surface area contributed by atoms with E-state index in [1.807, 2.05) is 39.2 Å². The Bertz CT molecular complexity index is 666. The lowest BCUT2D eigenvalue weighted by molar-refractivity contribution is 0.120. The summed E-state index contributed by atoms with van der Waals surface area (Å²) in [6.45, 7) is 3.62. The summed E-state index contributed by atoms with van der Waals surface area (Å²) >= 11 is 0. The zero-order valence-electron chi connectivity index (χ0n) is 14.5. The molecule has 1 aliphatic rings. The Morgan fingerprint density at radius 2 is 2.00 bits per heavy atom. The Labute approximate surface area is 143 Å². The van der Waals surface area contributed by atoms with Crippen LogP contribution < -0.4 is 15.5 Å². The zero-order chi connectivity index (χ0) is 16.9. The molecule has 24 heavy (non-hydrogen) atoms. The molecular weight excluding hydrogens is 302 g/mol. The Balaban J connectivity index is 1.66. The zero-order valence-corrected chi connectivity index (χ0v) is 14.5. The lowest BCUT2D eigenvalue weighted by Crippen LogP contribution is -2.19. The van der Waals surface area contributed by atoms with Gasteiger partial charge in [0.2, 0.25) is 5.95 Å². The molecular formula is C18H25N5O. The SMILES string of the molecule is Cc1cc(NCC2CCCO2)nc(Nc2ccc(N(C)C)cc2)n1. The van der Waals surface area contributed by atoms with E-state index in [9.17, 15) is 0 Å². The highest BCUT2D eigenvalue weighted by Gasteiger charge is 2.15. The molecule has 0 aliphatic carbocycles. The van der Waals surface area contributed by atoms with Gasteiger partial charge in [-0.05, 0) is 44.0 Å². The topological polar surface area (TPSA) is 62.3 Å². The first-order chi connectivity index (χ1) is 11.6. The Morgan fingerprint density at radius 3 is 2.67 bits per heavy atom. The fraction of sp³-hybridized carbons (Fsp3) is 0.444. The van der Waals surface area contributed by atoms with Crippen molar-refractivity contribution in [1.29, 1.82) is 0 Å². The van der Waals surface area contributed by atoms with Gasteiger partial charge < -0.3 is 20.3 Å². The lowest BCUT2D eigenvalue weighted by atomic mass is 10.2. The van der Waals surface area contributed by atoms with Gasteiger partial charge in [-0.25, -0.2) is 4.98 Å². The Morgan fingerprint density at radius 1 is 1.21 bits per heavy atom. The molecule has 6 heteroatoms. The lowest BCUT2D eigenvalue weighted by Gasteiger charge is -2.14. The number of rotatable bonds is 6. The molecule has 0 radical (unpaired) electrons. The van der Waals surface area contributed by atoms with Crippen LogP contribution in [0.4, 0.5) is 23.1 Å². The summed E-state index contributed by atoms with van der Waals surface area (Å²) in [5, 5.41) is 6.62. The Kier molecular flexibility index (Phi) is 5.15. The highest BCUT2D eigenvalue weighted by atomic mass is 16.5. The highest BCUT2D eigenvalue weighted by molar-refractivity contribution is 5.59. The van der Waals surface area contributed by atoms with Gasteiger partial charge in [-0.3, -0.25) is 0 Å². The van der Waals surface area contributed by atoms with Gasteiger partial charge in [-0.15, -0.1) is 0 Å². The van der Waals surface area contributed by atoms with Crippen LogP contribution in [0, 0.1) is 6.92 Å².